The summed E-state index contributed by atoms with van der Waals surface area (Å²) in [5, 5.41) is 2.95. The average Bonchev–Trinajstić information content (AvgIpc) is 3.14. The molecule has 2 heterocycles. The maximum absolute atomic E-state index is 14.3. The second-order valence-electron chi connectivity index (χ2n) is 5.47. The van der Waals surface area contributed by atoms with Crippen molar-refractivity contribution in [3.8, 4) is 11.4 Å². The fourth-order valence-electron chi connectivity index (χ4n) is 2.30. The van der Waals surface area contributed by atoms with Crippen LogP contribution in [0.3, 0.4) is 0 Å². The number of nitrogens with one attached hydrogen (secondary N) is 1. The maximum atomic E-state index is 14.3. The normalized spacial score (nSPS) is 10.6. The standard InChI is InChI=1S/C18H15ClFN3O3/c1-10-5-6-12(13(20)8-10)16-22-15(18(24)25-2)14(19)17(23-16)21-9-11-4-3-7-26-11/h3-8H,9H2,1-2H3,(H,21,22,23). The van der Waals surface area contributed by atoms with Gasteiger partial charge in [0.25, 0.3) is 0 Å². The third kappa shape index (κ3) is 3.67. The van der Waals surface area contributed by atoms with Gasteiger partial charge in [0.15, 0.2) is 11.5 Å². The van der Waals surface area contributed by atoms with Crippen molar-refractivity contribution in [3.63, 3.8) is 0 Å². The van der Waals surface area contributed by atoms with Crippen LogP contribution in [-0.4, -0.2) is 23.0 Å². The summed E-state index contributed by atoms with van der Waals surface area (Å²) >= 11 is 6.23. The Morgan fingerprint density at radius 2 is 2.15 bits per heavy atom. The molecule has 0 saturated heterocycles. The second-order valence-corrected chi connectivity index (χ2v) is 5.84. The molecule has 1 aromatic carbocycles. The smallest absolute Gasteiger partial charge is 0.358 e. The van der Waals surface area contributed by atoms with Gasteiger partial charge in [-0.15, -0.1) is 0 Å². The zero-order valence-electron chi connectivity index (χ0n) is 14.0. The summed E-state index contributed by atoms with van der Waals surface area (Å²) in [4.78, 5) is 20.4. The van der Waals surface area contributed by atoms with E-state index in [-0.39, 0.29) is 34.5 Å². The molecule has 0 atom stereocenters. The molecule has 0 fully saturated rings. The van der Waals surface area contributed by atoms with Gasteiger partial charge >= 0.3 is 5.97 Å². The predicted octanol–water partition coefficient (Wildman–Crippen LogP) is 4.24. The molecule has 6 nitrogen and oxygen atoms in total. The lowest BCUT2D eigenvalue weighted by molar-refractivity contribution is 0.0594. The van der Waals surface area contributed by atoms with Gasteiger partial charge in [0, 0.05) is 0 Å². The van der Waals surface area contributed by atoms with Crippen LogP contribution in [0.15, 0.2) is 41.0 Å². The van der Waals surface area contributed by atoms with Gasteiger partial charge in [0.2, 0.25) is 0 Å². The minimum absolute atomic E-state index is 0.0142. The molecule has 8 heteroatoms. The quantitative estimate of drug-likeness (QED) is 0.672. The largest absolute Gasteiger partial charge is 0.467 e. The van der Waals surface area contributed by atoms with Gasteiger partial charge < -0.3 is 14.5 Å². The molecule has 26 heavy (non-hydrogen) atoms. The number of carbonyl (C=O) groups excluding carboxylic acids is 1. The molecule has 0 saturated carbocycles. The van der Waals surface area contributed by atoms with Crippen molar-refractivity contribution in [1.29, 1.82) is 0 Å². The monoisotopic (exact) mass is 375 g/mol. The van der Waals surface area contributed by atoms with Gasteiger partial charge in [-0.2, -0.15) is 0 Å². The van der Waals surface area contributed by atoms with E-state index in [1.165, 1.54) is 19.4 Å². The molecular formula is C18H15ClFN3O3. The lowest BCUT2D eigenvalue weighted by Gasteiger charge is -2.12. The van der Waals surface area contributed by atoms with E-state index in [0.717, 1.165) is 5.56 Å². The maximum Gasteiger partial charge on any atom is 0.358 e. The Balaban J connectivity index is 2.06. The molecular weight excluding hydrogens is 361 g/mol. The molecule has 134 valence electrons. The molecule has 3 aromatic rings. The highest BCUT2D eigenvalue weighted by molar-refractivity contribution is 6.35. The van der Waals surface area contributed by atoms with Crippen molar-refractivity contribution in [2.24, 2.45) is 0 Å². The van der Waals surface area contributed by atoms with Crippen LogP contribution < -0.4 is 5.32 Å². The number of aromatic nitrogens is 2. The molecule has 0 aliphatic heterocycles. The minimum Gasteiger partial charge on any atom is -0.467 e. The number of nitrogens with zero attached hydrogens (tertiary/aromatic N) is 2. The Morgan fingerprint density at radius 1 is 1.35 bits per heavy atom. The van der Waals surface area contributed by atoms with E-state index in [0.29, 0.717) is 5.76 Å². The summed E-state index contributed by atoms with van der Waals surface area (Å²) in [5.41, 5.74) is 0.754. The first kappa shape index (κ1) is 17.9. The SMILES string of the molecule is COC(=O)c1nc(-c2ccc(C)cc2F)nc(NCc2ccco2)c1Cl. The van der Waals surface area contributed by atoms with Crippen molar-refractivity contribution in [2.45, 2.75) is 13.5 Å². The fraction of sp³-hybridized carbons (Fsp3) is 0.167. The number of anilines is 1. The Hall–Kier alpha value is -2.93. The Morgan fingerprint density at radius 3 is 2.81 bits per heavy atom. The first-order valence-electron chi connectivity index (χ1n) is 7.68. The van der Waals surface area contributed by atoms with Crippen LogP contribution >= 0.6 is 11.6 Å². The van der Waals surface area contributed by atoms with Gasteiger partial charge in [-0.3, -0.25) is 0 Å². The molecule has 0 radical (unpaired) electrons. The zero-order valence-corrected chi connectivity index (χ0v) is 14.8. The highest BCUT2D eigenvalue weighted by atomic mass is 35.5. The van der Waals surface area contributed by atoms with Crippen LogP contribution in [0.1, 0.15) is 21.8 Å². The third-order valence-corrected chi connectivity index (χ3v) is 3.96. The first-order valence-corrected chi connectivity index (χ1v) is 8.06. The number of methoxy groups -OCH3 is 1. The van der Waals surface area contributed by atoms with Gasteiger partial charge in [-0.1, -0.05) is 17.7 Å². The summed E-state index contributed by atoms with van der Waals surface area (Å²) in [6, 6.07) is 8.14. The number of halogens is 2. The van der Waals surface area contributed by atoms with Gasteiger partial charge in [0.1, 0.15) is 22.4 Å². The summed E-state index contributed by atoms with van der Waals surface area (Å²) in [7, 11) is 1.21. The Bertz CT molecular complexity index is 945. The number of carbonyl (C=O) groups is 1. The summed E-state index contributed by atoms with van der Waals surface area (Å²) < 4.78 is 24.3. The molecule has 0 bridgehead atoms. The van der Waals surface area contributed by atoms with Crippen molar-refractivity contribution in [2.75, 3.05) is 12.4 Å². The minimum atomic E-state index is -0.743. The number of esters is 1. The molecule has 0 amide bonds. The van der Waals surface area contributed by atoms with Crippen molar-refractivity contribution in [3.05, 3.63) is 64.5 Å². The van der Waals surface area contributed by atoms with Gasteiger partial charge in [0.05, 0.1) is 25.5 Å². The topological polar surface area (TPSA) is 77.2 Å². The molecule has 3 rings (SSSR count). The highest BCUT2D eigenvalue weighted by Crippen LogP contribution is 2.29. The van der Waals surface area contributed by atoms with Gasteiger partial charge in [-0.25, -0.2) is 19.2 Å². The first-order chi connectivity index (χ1) is 12.5. The van der Waals surface area contributed by atoms with E-state index < -0.39 is 11.8 Å². The average molecular weight is 376 g/mol. The van der Waals surface area contributed by atoms with Crippen LogP contribution in [0.4, 0.5) is 10.2 Å². The lowest BCUT2D eigenvalue weighted by Crippen LogP contribution is -2.11. The van der Waals surface area contributed by atoms with Crippen molar-refractivity contribution in [1.82, 2.24) is 9.97 Å². The number of benzene rings is 1. The number of hydrogen-bond acceptors (Lipinski definition) is 6. The van der Waals surface area contributed by atoms with Crippen LogP contribution in [-0.2, 0) is 11.3 Å². The van der Waals surface area contributed by atoms with Crippen LogP contribution in [0.5, 0.6) is 0 Å². The van der Waals surface area contributed by atoms with Gasteiger partial charge in [-0.05, 0) is 36.8 Å². The number of rotatable bonds is 5. The van der Waals surface area contributed by atoms with E-state index in [4.69, 9.17) is 20.8 Å². The molecule has 0 unspecified atom stereocenters. The van der Waals surface area contributed by atoms with Crippen LogP contribution in [0.25, 0.3) is 11.4 Å². The summed E-state index contributed by atoms with van der Waals surface area (Å²) in [5.74, 6) is -0.405. The number of hydrogen-bond donors (Lipinski definition) is 1. The molecule has 0 aliphatic rings. The molecule has 0 aliphatic carbocycles. The van der Waals surface area contributed by atoms with E-state index >= 15 is 0 Å². The highest BCUT2D eigenvalue weighted by Gasteiger charge is 2.21. The second kappa shape index (κ2) is 7.53. The Kier molecular flexibility index (Phi) is 5.18. The Labute approximate surface area is 154 Å². The van der Waals surface area contributed by atoms with E-state index in [2.05, 4.69) is 15.3 Å². The van der Waals surface area contributed by atoms with Crippen molar-refractivity contribution < 1.29 is 18.3 Å². The number of furan rings is 1. The lowest BCUT2D eigenvalue weighted by atomic mass is 10.1. The molecule has 1 N–H and O–H groups in total. The van der Waals surface area contributed by atoms with Crippen LogP contribution in [0.2, 0.25) is 5.02 Å². The fourth-order valence-corrected chi connectivity index (χ4v) is 2.53. The number of aryl methyl sites for hydroxylation is 1. The molecule has 2 aromatic heterocycles. The molecule has 0 spiro atoms. The predicted molar refractivity (Wildman–Crippen MR) is 94.5 cm³/mol. The summed E-state index contributed by atoms with van der Waals surface area (Å²) in [6.07, 6.45) is 1.53. The van der Waals surface area contributed by atoms with E-state index in [1.54, 1.807) is 31.2 Å². The van der Waals surface area contributed by atoms with E-state index in [1.807, 2.05) is 0 Å². The van der Waals surface area contributed by atoms with Crippen LogP contribution in [0, 0.1) is 12.7 Å². The summed E-state index contributed by atoms with van der Waals surface area (Å²) in [6.45, 7) is 2.05. The number of ether oxygens (including phenoxy) is 1. The third-order valence-electron chi connectivity index (χ3n) is 3.61. The zero-order chi connectivity index (χ0) is 18.7. The van der Waals surface area contributed by atoms with E-state index in [9.17, 15) is 9.18 Å². The van der Waals surface area contributed by atoms with Crippen molar-refractivity contribution >= 4 is 23.4 Å².